The normalized spacial score (nSPS) is 12.4. The van der Waals surface area contributed by atoms with Gasteiger partial charge in [0, 0.05) is 27.0 Å². The first-order valence-corrected chi connectivity index (χ1v) is 15.1. The highest BCUT2D eigenvalue weighted by Gasteiger charge is 2.43. The van der Waals surface area contributed by atoms with E-state index >= 15 is 0 Å². The molecule has 0 bridgehead atoms. The van der Waals surface area contributed by atoms with Gasteiger partial charge in [-0.1, -0.05) is 97.1 Å². The van der Waals surface area contributed by atoms with Gasteiger partial charge in [0.2, 0.25) is 0 Å². The topological polar surface area (TPSA) is 12.5 Å². The molecule has 0 saturated carbocycles. The van der Waals surface area contributed by atoms with Gasteiger partial charge in [0.1, 0.15) is 11.5 Å². The van der Waals surface area contributed by atoms with Crippen molar-refractivity contribution in [3.05, 3.63) is 146 Å². The fraction of sp³-hybridized carbons (Fsp3) is 0. The minimum absolute atomic E-state index is 0.144. The van der Waals surface area contributed by atoms with E-state index in [-0.39, 0.29) is 6.71 Å². The number of hydrogen-bond acceptors (Lipinski definition) is 3. The quantitative estimate of drug-likeness (QED) is 0.202. The van der Waals surface area contributed by atoms with E-state index in [1.165, 1.54) is 42.5 Å². The van der Waals surface area contributed by atoms with Crippen LogP contribution in [0.5, 0.6) is 11.5 Å². The monoisotopic (exact) mass is 553 g/mol. The lowest BCUT2D eigenvalue weighted by Crippen LogP contribution is -2.52. The average molecular weight is 553 g/mol. The molecule has 1 aromatic heterocycles. The van der Waals surface area contributed by atoms with E-state index in [0.717, 1.165) is 34.1 Å². The van der Waals surface area contributed by atoms with Crippen LogP contribution >= 0.6 is 11.3 Å². The SMILES string of the molecule is c1ccc(-c2ccc3c(c2)Oc2cc(N(c4ccccc4)c4ccccc4)cc4c2B3c2c-4sc3ccccc23)cc1. The van der Waals surface area contributed by atoms with Crippen LogP contribution < -0.4 is 26.0 Å². The summed E-state index contributed by atoms with van der Waals surface area (Å²) in [6.07, 6.45) is 0. The zero-order valence-corrected chi connectivity index (χ0v) is 23.5. The molecule has 2 aliphatic heterocycles. The Balaban J connectivity index is 1.31. The van der Waals surface area contributed by atoms with Crippen LogP contribution in [0.3, 0.4) is 0 Å². The second kappa shape index (κ2) is 9.23. The molecule has 6 aromatic carbocycles. The van der Waals surface area contributed by atoms with Crippen molar-refractivity contribution < 1.29 is 4.74 Å². The van der Waals surface area contributed by atoms with E-state index in [2.05, 4.69) is 150 Å². The highest BCUT2D eigenvalue weighted by atomic mass is 32.1. The van der Waals surface area contributed by atoms with Crippen molar-refractivity contribution in [3.63, 3.8) is 0 Å². The van der Waals surface area contributed by atoms with Crippen LogP contribution in [-0.4, -0.2) is 6.71 Å². The molecule has 42 heavy (non-hydrogen) atoms. The third kappa shape index (κ3) is 3.52. The van der Waals surface area contributed by atoms with E-state index in [9.17, 15) is 0 Å². The summed E-state index contributed by atoms with van der Waals surface area (Å²) in [5, 5.41) is 1.34. The Labute approximate surface area is 249 Å². The zero-order valence-electron chi connectivity index (χ0n) is 22.7. The molecule has 4 heteroatoms. The molecule has 0 radical (unpaired) electrons. The molecule has 0 spiro atoms. The molecule has 0 aliphatic carbocycles. The molecule has 196 valence electrons. The van der Waals surface area contributed by atoms with Crippen LogP contribution in [0.15, 0.2) is 146 Å². The Morgan fingerprint density at radius 3 is 1.93 bits per heavy atom. The van der Waals surface area contributed by atoms with E-state index in [4.69, 9.17) is 4.74 Å². The summed E-state index contributed by atoms with van der Waals surface area (Å²) in [5.74, 6) is 1.88. The fourth-order valence-electron chi connectivity index (χ4n) is 6.71. The summed E-state index contributed by atoms with van der Waals surface area (Å²) in [4.78, 5) is 3.68. The molecule has 0 fully saturated rings. The molecule has 3 heterocycles. The minimum atomic E-state index is 0.144. The molecule has 7 aromatic rings. The molecule has 0 saturated heterocycles. The van der Waals surface area contributed by atoms with Crippen molar-refractivity contribution >= 4 is 61.6 Å². The Morgan fingerprint density at radius 2 is 1.19 bits per heavy atom. The Hall–Kier alpha value is -5.06. The molecular weight excluding hydrogens is 529 g/mol. The van der Waals surface area contributed by atoms with Crippen LogP contribution in [0, 0.1) is 0 Å². The Kier molecular flexibility index (Phi) is 5.20. The summed E-state index contributed by atoms with van der Waals surface area (Å²) in [6, 6.07) is 52.0. The van der Waals surface area contributed by atoms with Crippen LogP contribution in [0.2, 0.25) is 0 Å². The first-order valence-electron chi connectivity index (χ1n) is 14.3. The lowest BCUT2D eigenvalue weighted by molar-refractivity contribution is 0.488. The van der Waals surface area contributed by atoms with Gasteiger partial charge >= 0.3 is 0 Å². The van der Waals surface area contributed by atoms with Crippen molar-refractivity contribution in [1.82, 2.24) is 0 Å². The van der Waals surface area contributed by atoms with Crippen LogP contribution in [0.1, 0.15) is 0 Å². The molecule has 0 amide bonds. The molecule has 2 nitrogen and oxygen atoms in total. The summed E-state index contributed by atoms with van der Waals surface area (Å²) >= 11 is 1.90. The summed E-state index contributed by atoms with van der Waals surface area (Å²) in [6.45, 7) is 0.144. The van der Waals surface area contributed by atoms with Gasteiger partial charge in [-0.2, -0.15) is 0 Å². The third-order valence-electron chi connectivity index (χ3n) is 8.52. The Morgan fingerprint density at radius 1 is 0.524 bits per heavy atom. The number of benzene rings is 6. The van der Waals surface area contributed by atoms with Crippen molar-refractivity contribution in [1.29, 1.82) is 0 Å². The number of fused-ring (bicyclic) bond motifs is 7. The van der Waals surface area contributed by atoms with Crippen LogP contribution in [0.25, 0.3) is 31.7 Å². The first-order chi connectivity index (χ1) is 20.8. The lowest BCUT2D eigenvalue weighted by atomic mass is 9.37. The number of ether oxygens (including phenoxy) is 1. The number of anilines is 3. The second-order valence-corrected chi connectivity index (χ2v) is 12.0. The lowest BCUT2D eigenvalue weighted by Gasteiger charge is -2.29. The molecule has 0 N–H and O–H groups in total. The zero-order chi connectivity index (χ0) is 27.6. The Bertz CT molecular complexity index is 2080. The number of thiophene rings is 1. The highest BCUT2D eigenvalue weighted by molar-refractivity contribution is 7.26. The molecule has 0 atom stereocenters. The van der Waals surface area contributed by atoms with Gasteiger partial charge in [-0.15, -0.1) is 11.3 Å². The predicted octanol–water partition coefficient (Wildman–Crippen LogP) is 8.64. The van der Waals surface area contributed by atoms with Gasteiger partial charge in [0.15, 0.2) is 0 Å². The average Bonchev–Trinajstić information content (AvgIpc) is 3.59. The third-order valence-corrected chi connectivity index (χ3v) is 9.74. The van der Waals surface area contributed by atoms with Gasteiger partial charge in [-0.3, -0.25) is 0 Å². The highest BCUT2D eigenvalue weighted by Crippen LogP contribution is 2.45. The van der Waals surface area contributed by atoms with Crippen LogP contribution in [-0.2, 0) is 0 Å². The van der Waals surface area contributed by atoms with Crippen molar-refractivity contribution in [2.75, 3.05) is 4.90 Å². The predicted molar refractivity (Wildman–Crippen MR) is 179 cm³/mol. The molecular formula is C38H24BNOS. The first kappa shape index (κ1) is 23.6. The summed E-state index contributed by atoms with van der Waals surface area (Å²) in [7, 11) is 0. The van der Waals surface area contributed by atoms with E-state index in [0.29, 0.717) is 0 Å². The smallest absolute Gasteiger partial charge is 0.254 e. The number of nitrogens with zero attached hydrogens (tertiary/aromatic N) is 1. The maximum Gasteiger partial charge on any atom is 0.254 e. The van der Waals surface area contributed by atoms with Crippen LogP contribution in [0.4, 0.5) is 17.1 Å². The summed E-state index contributed by atoms with van der Waals surface area (Å²) < 4.78 is 8.21. The van der Waals surface area contributed by atoms with E-state index in [1.807, 2.05) is 11.3 Å². The second-order valence-electron chi connectivity index (χ2n) is 10.9. The number of hydrogen-bond donors (Lipinski definition) is 0. The number of para-hydroxylation sites is 2. The molecule has 2 aliphatic rings. The largest absolute Gasteiger partial charge is 0.458 e. The van der Waals surface area contributed by atoms with E-state index in [1.54, 1.807) is 0 Å². The maximum absolute atomic E-state index is 6.88. The molecule has 9 rings (SSSR count). The number of rotatable bonds is 4. The van der Waals surface area contributed by atoms with E-state index < -0.39 is 0 Å². The van der Waals surface area contributed by atoms with Gasteiger partial charge in [0.25, 0.3) is 6.71 Å². The minimum Gasteiger partial charge on any atom is -0.458 e. The fourth-order valence-corrected chi connectivity index (χ4v) is 7.98. The van der Waals surface area contributed by atoms with Crippen molar-refractivity contribution in [3.8, 4) is 33.1 Å². The van der Waals surface area contributed by atoms with Gasteiger partial charge in [0.05, 0.1) is 5.69 Å². The van der Waals surface area contributed by atoms with Crippen molar-refractivity contribution in [2.24, 2.45) is 0 Å². The van der Waals surface area contributed by atoms with Gasteiger partial charge < -0.3 is 9.64 Å². The van der Waals surface area contributed by atoms with Gasteiger partial charge in [-0.05, 0) is 80.9 Å². The molecule has 0 unspecified atom stereocenters. The standard InChI is InChI=1S/C38H24BNOS/c1-4-12-25(13-5-1)26-20-21-32-33(22-26)41-34-24-29(40(27-14-6-2-7-15-27)28-16-8-3-9-17-28)23-31-36(34)39(32)37-30-18-10-11-19-35(30)42-38(31)37/h1-24H. The summed E-state index contributed by atoms with van der Waals surface area (Å²) in [5.41, 5.74) is 10.9. The maximum atomic E-state index is 6.88. The van der Waals surface area contributed by atoms with Gasteiger partial charge in [-0.25, -0.2) is 0 Å². The van der Waals surface area contributed by atoms with Crippen molar-refractivity contribution in [2.45, 2.75) is 0 Å².